The van der Waals surface area contributed by atoms with E-state index in [-0.39, 0.29) is 11.7 Å². The average molecular weight is 162 g/mol. The molecule has 0 spiro atoms. The van der Waals surface area contributed by atoms with Crippen LogP contribution in [0.25, 0.3) is 0 Å². The molecule has 1 aliphatic rings. The third-order valence-corrected chi connectivity index (χ3v) is 2.19. The summed E-state index contributed by atoms with van der Waals surface area (Å²) in [6, 6.07) is 7.71. The second-order valence-electron chi connectivity index (χ2n) is 3.01. The topological polar surface area (TPSA) is 26.3 Å². The summed E-state index contributed by atoms with van der Waals surface area (Å²) in [7, 11) is 0. The Morgan fingerprint density at radius 2 is 2.25 bits per heavy atom. The smallest absolute Gasteiger partial charge is 0.140 e. The van der Waals surface area contributed by atoms with E-state index in [4.69, 9.17) is 4.74 Å². The third-order valence-electron chi connectivity index (χ3n) is 2.19. The quantitative estimate of drug-likeness (QED) is 0.628. The normalized spacial score (nSPS) is 19.9. The minimum absolute atomic E-state index is 0.0406. The Kier molecular flexibility index (Phi) is 1.61. The predicted octanol–water partition coefficient (Wildman–Crippen LogP) is 1.75. The van der Waals surface area contributed by atoms with Crippen LogP contribution in [0.3, 0.4) is 0 Å². The number of hydrogen-bond donors (Lipinski definition) is 0. The van der Waals surface area contributed by atoms with Crippen molar-refractivity contribution in [3.63, 3.8) is 0 Å². The zero-order valence-electron chi connectivity index (χ0n) is 6.91. The summed E-state index contributed by atoms with van der Waals surface area (Å²) in [4.78, 5) is 11.1. The summed E-state index contributed by atoms with van der Waals surface area (Å²) in [6.45, 7) is 2.12. The van der Waals surface area contributed by atoms with Crippen LogP contribution in [-0.2, 0) is 4.79 Å². The van der Waals surface area contributed by atoms with Gasteiger partial charge in [-0.2, -0.15) is 0 Å². The highest BCUT2D eigenvalue weighted by atomic mass is 16.5. The van der Waals surface area contributed by atoms with Crippen LogP contribution in [0, 0.1) is 0 Å². The van der Waals surface area contributed by atoms with Gasteiger partial charge in [-0.15, -0.1) is 0 Å². The number of fused-ring (bicyclic) bond motifs is 1. The van der Waals surface area contributed by atoms with E-state index in [1.54, 1.807) is 6.92 Å². The van der Waals surface area contributed by atoms with E-state index in [0.717, 1.165) is 11.3 Å². The van der Waals surface area contributed by atoms with E-state index in [0.29, 0.717) is 6.61 Å². The molecule has 1 heterocycles. The SMILES string of the molecule is CC(=O)[C@H]1COc2ccccc21. The summed E-state index contributed by atoms with van der Waals surface area (Å²) in [5.74, 6) is 0.999. The summed E-state index contributed by atoms with van der Waals surface area (Å²) >= 11 is 0. The first-order chi connectivity index (χ1) is 5.79. The maximum Gasteiger partial charge on any atom is 0.140 e. The summed E-state index contributed by atoms with van der Waals surface area (Å²) < 4.78 is 5.35. The van der Waals surface area contributed by atoms with Crippen LogP contribution in [0.5, 0.6) is 5.75 Å². The Morgan fingerprint density at radius 1 is 1.50 bits per heavy atom. The number of carbonyl (C=O) groups excluding carboxylic acids is 1. The molecule has 0 aliphatic carbocycles. The van der Waals surface area contributed by atoms with Crippen LogP contribution in [-0.4, -0.2) is 12.4 Å². The van der Waals surface area contributed by atoms with E-state index >= 15 is 0 Å². The fourth-order valence-electron chi connectivity index (χ4n) is 1.50. The number of hydrogen-bond acceptors (Lipinski definition) is 2. The lowest BCUT2D eigenvalue weighted by atomic mass is 9.98. The molecule has 0 saturated carbocycles. The zero-order chi connectivity index (χ0) is 8.55. The molecule has 0 saturated heterocycles. The van der Waals surface area contributed by atoms with Gasteiger partial charge in [-0.05, 0) is 13.0 Å². The number of Topliss-reactive ketones (excluding diaryl/α,β-unsaturated/α-hetero) is 1. The highest BCUT2D eigenvalue weighted by Gasteiger charge is 2.26. The first-order valence-corrected chi connectivity index (χ1v) is 4.01. The first-order valence-electron chi connectivity index (χ1n) is 4.01. The molecular formula is C10H10O2. The number of rotatable bonds is 1. The molecule has 0 amide bonds. The van der Waals surface area contributed by atoms with E-state index in [2.05, 4.69) is 0 Å². The molecule has 2 nitrogen and oxygen atoms in total. The van der Waals surface area contributed by atoms with Crippen molar-refractivity contribution in [2.75, 3.05) is 6.61 Å². The van der Waals surface area contributed by atoms with Crippen molar-refractivity contribution < 1.29 is 9.53 Å². The van der Waals surface area contributed by atoms with Gasteiger partial charge in [-0.25, -0.2) is 0 Å². The number of carbonyl (C=O) groups is 1. The van der Waals surface area contributed by atoms with Crippen molar-refractivity contribution >= 4 is 5.78 Å². The Labute approximate surface area is 71.2 Å². The number of para-hydroxylation sites is 1. The molecule has 1 aromatic carbocycles. The number of ether oxygens (including phenoxy) is 1. The maximum absolute atomic E-state index is 11.1. The second-order valence-corrected chi connectivity index (χ2v) is 3.01. The molecule has 1 atom stereocenters. The van der Waals surface area contributed by atoms with Crippen molar-refractivity contribution in [1.29, 1.82) is 0 Å². The predicted molar refractivity (Wildman–Crippen MR) is 45.4 cm³/mol. The van der Waals surface area contributed by atoms with Crippen molar-refractivity contribution in [1.82, 2.24) is 0 Å². The molecule has 12 heavy (non-hydrogen) atoms. The van der Waals surface area contributed by atoms with Crippen LogP contribution in [0.4, 0.5) is 0 Å². The lowest BCUT2D eigenvalue weighted by Gasteiger charge is -2.01. The molecule has 2 heteroatoms. The zero-order valence-corrected chi connectivity index (χ0v) is 6.91. The Hall–Kier alpha value is -1.31. The van der Waals surface area contributed by atoms with Crippen molar-refractivity contribution in [2.24, 2.45) is 0 Å². The first kappa shape index (κ1) is 7.35. The highest BCUT2D eigenvalue weighted by molar-refractivity contribution is 5.85. The highest BCUT2D eigenvalue weighted by Crippen LogP contribution is 2.33. The van der Waals surface area contributed by atoms with Crippen LogP contribution in [0.1, 0.15) is 18.4 Å². The fourth-order valence-corrected chi connectivity index (χ4v) is 1.50. The van der Waals surface area contributed by atoms with Crippen LogP contribution in [0.15, 0.2) is 24.3 Å². The van der Waals surface area contributed by atoms with Gasteiger partial charge in [0.15, 0.2) is 0 Å². The van der Waals surface area contributed by atoms with Gasteiger partial charge in [0.05, 0.1) is 5.92 Å². The van der Waals surface area contributed by atoms with Gasteiger partial charge in [-0.3, -0.25) is 4.79 Å². The van der Waals surface area contributed by atoms with Gasteiger partial charge in [-0.1, -0.05) is 18.2 Å². The average Bonchev–Trinajstić information content (AvgIpc) is 2.47. The van der Waals surface area contributed by atoms with E-state index < -0.39 is 0 Å². The van der Waals surface area contributed by atoms with E-state index in [9.17, 15) is 4.79 Å². The molecule has 1 aromatic rings. The molecule has 0 unspecified atom stereocenters. The van der Waals surface area contributed by atoms with Crippen molar-refractivity contribution in [2.45, 2.75) is 12.8 Å². The third kappa shape index (κ3) is 0.998. The Balaban J connectivity index is 2.42. The molecule has 62 valence electrons. The summed E-state index contributed by atoms with van der Waals surface area (Å²) in [5, 5.41) is 0. The molecule has 0 N–H and O–H groups in total. The van der Waals surface area contributed by atoms with Gasteiger partial charge in [0.25, 0.3) is 0 Å². The lowest BCUT2D eigenvalue weighted by molar-refractivity contribution is -0.118. The maximum atomic E-state index is 11.1. The Morgan fingerprint density at radius 3 is 3.00 bits per heavy atom. The second kappa shape index (κ2) is 2.63. The van der Waals surface area contributed by atoms with Gasteiger partial charge in [0, 0.05) is 5.56 Å². The fraction of sp³-hybridized carbons (Fsp3) is 0.300. The number of benzene rings is 1. The minimum atomic E-state index is -0.0406. The van der Waals surface area contributed by atoms with Gasteiger partial charge in [0.2, 0.25) is 0 Å². The summed E-state index contributed by atoms with van der Waals surface area (Å²) in [6.07, 6.45) is 0. The molecular weight excluding hydrogens is 152 g/mol. The monoisotopic (exact) mass is 162 g/mol. The van der Waals surface area contributed by atoms with E-state index in [1.807, 2.05) is 24.3 Å². The molecule has 0 fully saturated rings. The van der Waals surface area contributed by atoms with Gasteiger partial charge < -0.3 is 4.74 Å². The largest absolute Gasteiger partial charge is 0.492 e. The molecule has 0 bridgehead atoms. The molecule has 1 aliphatic heterocycles. The summed E-state index contributed by atoms with van der Waals surface area (Å²) in [5.41, 5.74) is 1.03. The minimum Gasteiger partial charge on any atom is -0.492 e. The van der Waals surface area contributed by atoms with E-state index in [1.165, 1.54) is 0 Å². The standard InChI is InChI=1S/C10H10O2/c1-7(11)9-6-12-10-5-3-2-4-8(9)10/h2-5,9H,6H2,1H3/t9-/m1/s1. The van der Waals surface area contributed by atoms with Gasteiger partial charge in [0.1, 0.15) is 18.1 Å². The number of ketones is 1. The van der Waals surface area contributed by atoms with Crippen molar-refractivity contribution in [3.05, 3.63) is 29.8 Å². The molecule has 0 aromatic heterocycles. The molecule has 0 radical (unpaired) electrons. The Bertz CT molecular complexity index is 317. The van der Waals surface area contributed by atoms with Crippen LogP contribution >= 0.6 is 0 Å². The molecule has 2 rings (SSSR count). The van der Waals surface area contributed by atoms with Crippen LogP contribution < -0.4 is 4.74 Å². The van der Waals surface area contributed by atoms with Gasteiger partial charge >= 0.3 is 0 Å². The van der Waals surface area contributed by atoms with Crippen molar-refractivity contribution in [3.8, 4) is 5.75 Å². The van der Waals surface area contributed by atoms with Crippen LogP contribution in [0.2, 0.25) is 0 Å². The lowest BCUT2D eigenvalue weighted by Crippen LogP contribution is -2.09.